The molecule has 2 N–H and O–H groups in total. The topological polar surface area (TPSA) is 106 Å². The lowest BCUT2D eigenvalue weighted by molar-refractivity contribution is -0.117. The Kier molecular flexibility index (Phi) is 13.1. The van der Waals surface area contributed by atoms with E-state index in [1.54, 1.807) is 32.1 Å². The van der Waals surface area contributed by atoms with Gasteiger partial charge in [0.2, 0.25) is 0 Å². The number of hydrogen-bond donors (Lipinski definition) is 2. The largest absolute Gasteiger partial charge is 0.374 e. The molecular weight excluding hydrogens is 603 g/mol. The number of halogens is 1. The first-order chi connectivity index (χ1) is 22.3. The fraction of sp³-hybridized carbons (Fsp3) is 0.485. The summed E-state index contributed by atoms with van der Waals surface area (Å²) in [6.45, 7) is 8.31. The zero-order valence-corrected chi connectivity index (χ0v) is 28.1. The molecule has 3 aliphatic heterocycles. The van der Waals surface area contributed by atoms with E-state index in [1.165, 1.54) is 42.4 Å². The Balaban J connectivity index is 0.00000154. The average molecular weight is 649 g/mol. The van der Waals surface area contributed by atoms with Crippen LogP contribution in [0.15, 0.2) is 57.8 Å². The number of terminal acetylenes is 1. The van der Waals surface area contributed by atoms with Crippen LogP contribution in [0, 0.1) is 19.3 Å². The highest BCUT2D eigenvalue weighted by atomic mass is 32.1. The van der Waals surface area contributed by atoms with Gasteiger partial charge in [0.15, 0.2) is 11.3 Å². The summed E-state index contributed by atoms with van der Waals surface area (Å²) < 4.78 is 21.0. The molecule has 2 aromatic rings. The Labute approximate surface area is 275 Å². The van der Waals surface area contributed by atoms with E-state index in [0.29, 0.717) is 25.5 Å². The van der Waals surface area contributed by atoms with Crippen molar-refractivity contribution in [1.82, 2.24) is 34.1 Å². The first kappa shape index (κ1) is 34.6. The second-order valence-corrected chi connectivity index (χ2v) is 12.2. The summed E-state index contributed by atoms with van der Waals surface area (Å²) in [6, 6.07) is 2.11. The third-order valence-electron chi connectivity index (χ3n) is 7.54. The highest BCUT2D eigenvalue weighted by Crippen LogP contribution is 2.22. The number of amides is 1. The van der Waals surface area contributed by atoms with Crippen molar-refractivity contribution in [3.05, 3.63) is 64.6 Å². The summed E-state index contributed by atoms with van der Waals surface area (Å²) in [4.78, 5) is 26.0. The number of allylic oxidation sites excluding steroid dienone is 1. The van der Waals surface area contributed by atoms with Crippen LogP contribution in [0.5, 0.6) is 0 Å². The van der Waals surface area contributed by atoms with E-state index in [0.717, 1.165) is 54.4 Å². The van der Waals surface area contributed by atoms with Gasteiger partial charge in [-0.1, -0.05) is 6.42 Å². The number of anilines is 2. The van der Waals surface area contributed by atoms with Crippen molar-refractivity contribution in [2.24, 2.45) is 10.1 Å². The SMILES string of the molecule is C#CC.CN=c1c(Nc2cc(CN3CCCCC3)ns2)nc(C)cn1CC1=CN(CCNC(=O)C2=C(F)CN(C)C=C2)N=CCC1. The molecule has 5 heterocycles. The van der Waals surface area contributed by atoms with Gasteiger partial charge in [0, 0.05) is 58.5 Å². The first-order valence-corrected chi connectivity index (χ1v) is 16.4. The quantitative estimate of drug-likeness (QED) is 0.370. The number of piperidine rings is 1. The van der Waals surface area contributed by atoms with E-state index in [2.05, 4.69) is 53.0 Å². The number of carbonyl (C=O) groups is 1. The van der Waals surface area contributed by atoms with Crippen LogP contribution in [0.3, 0.4) is 0 Å². The minimum absolute atomic E-state index is 0.0787. The van der Waals surface area contributed by atoms with E-state index in [-0.39, 0.29) is 12.1 Å². The fourth-order valence-electron chi connectivity index (χ4n) is 5.43. The van der Waals surface area contributed by atoms with Gasteiger partial charge in [-0.3, -0.25) is 19.7 Å². The van der Waals surface area contributed by atoms with Gasteiger partial charge in [-0.05, 0) is 81.9 Å². The number of likely N-dealkylation sites (tertiary alicyclic amines) is 1. The number of carbonyl (C=O) groups excluding carboxylic acids is 1. The van der Waals surface area contributed by atoms with Gasteiger partial charge in [-0.15, -0.1) is 12.3 Å². The van der Waals surface area contributed by atoms with E-state index in [9.17, 15) is 9.18 Å². The average Bonchev–Trinajstić information content (AvgIpc) is 3.33. The molecule has 1 fully saturated rings. The predicted octanol–water partition coefficient (Wildman–Crippen LogP) is 4.31. The van der Waals surface area contributed by atoms with Gasteiger partial charge in [0.05, 0.1) is 30.1 Å². The second-order valence-electron chi connectivity index (χ2n) is 11.4. The van der Waals surface area contributed by atoms with Gasteiger partial charge >= 0.3 is 0 Å². The number of aryl methyl sites for hydroxylation is 1. The Bertz CT molecular complexity index is 1580. The fourth-order valence-corrected chi connectivity index (χ4v) is 6.09. The maximum Gasteiger partial charge on any atom is 0.254 e. The Morgan fingerprint density at radius 3 is 2.76 bits per heavy atom. The minimum Gasteiger partial charge on any atom is -0.374 e. The van der Waals surface area contributed by atoms with Crippen molar-refractivity contribution in [2.75, 3.05) is 52.1 Å². The Hall–Kier alpha value is -4.28. The number of nitrogens with one attached hydrogen (secondary N) is 2. The third kappa shape index (κ3) is 10.1. The van der Waals surface area contributed by atoms with Crippen LogP contribution in [0.4, 0.5) is 15.2 Å². The van der Waals surface area contributed by atoms with Crippen molar-refractivity contribution in [3.63, 3.8) is 0 Å². The lowest BCUT2D eigenvalue weighted by Gasteiger charge is -2.25. The standard InChI is InChI=1S/C30H41FN10OS.C3H4/c1-22-17-40(29(32-2)28(35-22)36-27-16-24(37-43-27)20-39-12-5-4-6-13-39)18-23-8-7-10-34-41(19-23)15-11-33-30(42)25-9-14-38(3)21-26(25)31;1-3-2/h9-10,14,16-17,19H,4-8,11-13,15,18,20-21H2,1-3H3,(H,33,42)(H,35,36);1H,2H3. The summed E-state index contributed by atoms with van der Waals surface area (Å²) in [5, 5.41) is 13.6. The van der Waals surface area contributed by atoms with Crippen LogP contribution in [0.2, 0.25) is 0 Å². The van der Waals surface area contributed by atoms with E-state index < -0.39 is 11.7 Å². The molecule has 3 aliphatic rings. The zero-order chi connectivity index (χ0) is 32.9. The Morgan fingerprint density at radius 1 is 1.24 bits per heavy atom. The van der Waals surface area contributed by atoms with Gasteiger partial charge in [-0.25, -0.2) is 9.37 Å². The van der Waals surface area contributed by atoms with Crippen molar-refractivity contribution in [1.29, 1.82) is 0 Å². The van der Waals surface area contributed by atoms with Crippen LogP contribution in [-0.2, 0) is 17.9 Å². The maximum absolute atomic E-state index is 14.2. The number of hydrogen-bond acceptors (Lipinski definition) is 10. The molecule has 5 rings (SSSR count). The van der Waals surface area contributed by atoms with E-state index in [1.807, 2.05) is 30.5 Å². The first-order valence-electron chi connectivity index (χ1n) is 15.7. The van der Waals surface area contributed by atoms with E-state index in [4.69, 9.17) is 4.98 Å². The van der Waals surface area contributed by atoms with Gasteiger partial charge in [0.1, 0.15) is 10.8 Å². The summed E-state index contributed by atoms with van der Waals surface area (Å²) in [6.07, 6.45) is 19.2. The summed E-state index contributed by atoms with van der Waals surface area (Å²) in [7, 11) is 3.54. The summed E-state index contributed by atoms with van der Waals surface area (Å²) >= 11 is 1.45. The molecule has 2 aromatic heterocycles. The summed E-state index contributed by atoms with van der Waals surface area (Å²) in [5.74, 6) is 2.10. The molecular formula is C33H45FN10OS. The molecule has 1 saturated heterocycles. The number of nitrogens with zero attached hydrogens (tertiary/aromatic N) is 8. The van der Waals surface area contributed by atoms with Crippen LogP contribution in [0.1, 0.15) is 50.4 Å². The molecule has 0 aliphatic carbocycles. The predicted molar refractivity (Wildman–Crippen MR) is 183 cm³/mol. The third-order valence-corrected chi connectivity index (χ3v) is 8.28. The molecule has 46 heavy (non-hydrogen) atoms. The number of hydrazone groups is 1. The van der Waals surface area contributed by atoms with Gasteiger partial charge < -0.3 is 20.1 Å². The second kappa shape index (κ2) is 17.4. The molecule has 0 spiro atoms. The molecule has 13 heteroatoms. The molecule has 0 atom stereocenters. The van der Waals surface area contributed by atoms with E-state index >= 15 is 0 Å². The number of aromatic nitrogens is 3. The lowest BCUT2D eigenvalue weighted by atomic mass is 10.1. The molecule has 1 amide bonds. The Morgan fingerprint density at radius 2 is 2.02 bits per heavy atom. The van der Waals surface area contributed by atoms with Gasteiger partial charge in [0.25, 0.3) is 5.91 Å². The highest BCUT2D eigenvalue weighted by Gasteiger charge is 2.18. The van der Waals surface area contributed by atoms with Crippen LogP contribution < -0.4 is 16.1 Å². The molecule has 0 saturated carbocycles. The lowest BCUT2D eigenvalue weighted by Crippen LogP contribution is -2.33. The van der Waals surface area contributed by atoms with Crippen LogP contribution >= 0.6 is 11.5 Å². The van der Waals surface area contributed by atoms with Crippen LogP contribution in [0.25, 0.3) is 0 Å². The minimum atomic E-state index is -0.429. The highest BCUT2D eigenvalue weighted by molar-refractivity contribution is 7.10. The molecule has 246 valence electrons. The normalized spacial score (nSPS) is 17.2. The molecule has 0 aromatic carbocycles. The van der Waals surface area contributed by atoms with Crippen molar-refractivity contribution in [2.45, 2.75) is 59.0 Å². The molecule has 0 unspecified atom stereocenters. The zero-order valence-electron chi connectivity index (χ0n) is 27.3. The monoisotopic (exact) mass is 648 g/mol. The van der Waals surface area contributed by atoms with Crippen molar-refractivity contribution < 1.29 is 9.18 Å². The van der Waals surface area contributed by atoms with Crippen molar-refractivity contribution in [3.8, 4) is 12.3 Å². The smallest absolute Gasteiger partial charge is 0.254 e. The molecule has 11 nitrogen and oxygen atoms in total. The molecule has 0 radical (unpaired) electrons. The molecule has 0 bridgehead atoms. The maximum atomic E-state index is 14.2. The summed E-state index contributed by atoms with van der Waals surface area (Å²) in [5.41, 5.74) is 3.96. The van der Waals surface area contributed by atoms with Crippen molar-refractivity contribution >= 4 is 34.5 Å². The number of likely N-dealkylation sites (N-methyl/N-ethyl adjacent to an activating group) is 1. The van der Waals surface area contributed by atoms with Gasteiger partial charge in [-0.2, -0.15) is 9.47 Å². The number of rotatable bonds is 10. The van der Waals surface area contributed by atoms with Crippen LogP contribution in [-0.4, -0.2) is 87.7 Å².